The number of hydrogen-bond acceptors (Lipinski definition) is 3. The Morgan fingerprint density at radius 3 is 2.90 bits per heavy atom. The van der Waals surface area contributed by atoms with Gasteiger partial charge < -0.3 is 4.90 Å². The SMILES string of the molecule is CN(Cc1cccc(F)c1)C(=O)c1cc(C#N)ccn1. The minimum atomic E-state index is -0.340. The number of amides is 1. The number of benzene rings is 1. The molecule has 5 heteroatoms. The van der Waals surface area contributed by atoms with Gasteiger partial charge in [0.15, 0.2) is 0 Å². The maximum atomic E-state index is 13.1. The molecule has 1 amide bonds. The molecule has 20 heavy (non-hydrogen) atoms. The maximum absolute atomic E-state index is 13.1. The Bertz CT molecular complexity index is 679. The highest BCUT2D eigenvalue weighted by molar-refractivity contribution is 5.92. The average Bonchev–Trinajstić information content (AvgIpc) is 2.46. The fourth-order valence-corrected chi connectivity index (χ4v) is 1.79. The summed E-state index contributed by atoms with van der Waals surface area (Å²) in [6, 6.07) is 11.0. The molecule has 0 aliphatic rings. The topological polar surface area (TPSA) is 57.0 Å². The average molecular weight is 269 g/mol. The van der Waals surface area contributed by atoms with Gasteiger partial charge in [-0.2, -0.15) is 5.26 Å². The number of carbonyl (C=O) groups is 1. The third-order valence-electron chi connectivity index (χ3n) is 2.76. The standard InChI is InChI=1S/C15H12FN3O/c1-19(10-12-3-2-4-13(16)7-12)15(20)14-8-11(9-17)5-6-18-14/h2-8H,10H2,1H3. The summed E-state index contributed by atoms with van der Waals surface area (Å²) < 4.78 is 13.1. The molecule has 0 atom stereocenters. The second-order valence-electron chi connectivity index (χ2n) is 4.33. The van der Waals surface area contributed by atoms with Gasteiger partial charge >= 0.3 is 0 Å². The maximum Gasteiger partial charge on any atom is 0.272 e. The largest absolute Gasteiger partial charge is 0.336 e. The number of hydrogen-bond donors (Lipinski definition) is 0. The molecule has 0 radical (unpaired) electrons. The first-order chi connectivity index (χ1) is 9.60. The van der Waals surface area contributed by atoms with Crippen molar-refractivity contribution in [2.45, 2.75) is 6.54 Å². The number of halogens is 1. The van der Waals surface area contributed by atoms with E-state index in [1.807, 2.05) is 6.07 Å². The highest BCUT2D eigenvalue weighted by atomic mass is 19.1. The van der Waals surface area contributed by atoms with E-state index in [0.717, 1.165) is 0 Å². The van der Waals surface area contributed by atoms with Gasteiger partial charge in [0.1, 0.15) is 11.5 Å². The van der Waals surface area contributed by atoms with Crippen LogP contribution < -0.4 is 0 Å². The van der Waals surface area contributed by atoms with Crippen molar-refractivity contribution >= 4 is 5.91 Å². The highest BCUT2D eigenvalue weighted by Gasteiger charge is 2.14. The molecule has 0 saturated heterocycles. The molecule has 0 N–H and O–H groups in total. The van der Waals surface area contributed by atoms with Crippen LogP contribution in [0.25, 0.3) is 0 Å². The Balaban J connectivity index is 2.14. The molecule has 2 rings (SSSR count). The van der Waals surface area contributed by atoms with Crippen LogP contribution in [0.2, 0.25) is 0 Å². The molecule has 0 spiro atoms. The van der Waals surface area contributed by atoms with Crippen molar-refractivity contribution in [2.75, 3.05) is 7.05 Å². The van der Waals surface area contributed by atoms with Gasteiger partial charge in [0.05, 0.1) is 11.6 Å². The monoisotopic (exact) mass is 269 g/mol. The molecule has 0 aliphatic heterocycles. The van der Waals surface area contributed by atoms with Crippen LogP contribution in [0, 0.1) is 17.1 Å². The van der Waals surface area contributed by atoms with Crippen LogP contribution in [0.3, 0.4) is 0 Å². The lowest BCUT2D eigenvalue weighted by molar-refractivity contribution is 0.0779. The van der Waals surface area contributed by atoms with E-state index in [9.17, 15) is 9.18 Å². The molecule has 4 nitrogen and oxygen atoms in total. The van der Waals surface area contributed by atoms with E-state index in [2.05, 4.69) is 4.98 Å². The first-order valence-electron chi connectivity index (χ1n) is 5.96. The van der Waals surface area contributed by atoms with E-state index in [1.165, 1.54) is 35.4 Å². The summed E-state index contributed by atoms with van der Waals surface area (Å²) in [5.74, 6) is -0.653. The smallest absolute Gasteiger partial charge is 0.272 e. The van der Waals surface area contributed by atoms with Crippen molar-refractivity contribution in [1.29, 1.82) is 5.26 Å². The van der Waals surface area contributed by atoms with E-state index >= 15 is 0 Å². The Morgan fingerprint density at radius 1 is 1.40 bits per heavy atom. The predicted octanol–water partition coefficient (Wildman–Crippen LogP) is 2.36. The summed E-state index contributed by atoms with van der Waals surface area (Å²) in [4.78, 5) is 17.5. The van der Waals surface area contributed by atoms with Crippen molar-refractivity contribution in [3.63, 3.8) is 0 Å². The van der Waals surface area contributed by atoms with Gasteiger partial charge in [-0.25, -0.2) is 4.39 Å². The zero-order valence-electron chi connectivity index (χ0n) is 10.9. The molecule has 1 aromatic carbocycles. The fourth-order valence-electron chi connectivity index (χ4n) is 1.79. The summed E-state index contributed by atoms with van der Waals surface area (Å²) >= 11 is 0. The Labute approximate surface area is 116 Å². The molecule has 2 aromatic rings. The number of aromatic nitrogens is 1. The van der Waals surface area contributed by atoms with Crippen LogP contribution >= 0.6 is 0 Å². The van der Waals surface area contributed by atoms with Crippen LogP contribution in [0.4, 0.5) is 4.39 Å². The van der Waals surface area contributed by atoms with Gasteiger partial charge in [0.25, 0.3) is 5.91 Å². The summed E-state index contributed by atoms with van der Waals surface area (Å²) in [6.45, 7) is 0.273. The van der Waals surface area contributed by atoms with Crippen LogP contribution in [0.5, 0.6) is 0 Å². The van der Waals surface area contributed by atoms with E-state index < -0.39 is 0 Å². The van der Waals surface area contributed by atoms with Gasteiger partial charge in [0.2, 0.25) is 0 Å². The normalized spacial score (nSPS) is 9.85. The summed E-state index contributed by atoms with van der Waals surface area (Å²) in [6.07, 6.45) is 1.42. The molecule has 1 aromatic heterocycles. The third-order valence-corrected chi connectivity index (χ3v) is 2.76. The summed E-state index contributed by atoms with van der Waals surface area (Å²) in [5.41, 5.74) is 1.27. The molecule has 0 fully saturated rings. The number of carbonyl (C=O) groups excluding carboxylic acids is 1. The van der Waals surface area contributed by atoms with Crippen molar-refractivity contribution in [3.8, 4) is 6.07 Å². The van der Waals surface area contributed by atoms with E-state index in [0.29, 0.717) is 11.1 Å². The Morgan fingerprint density at radius 2 is 2.20 bits per heavy atom. The summed E-state index contributed by atoms with van der Waals surface area (Å²) in [7, 11) is 1.61. The number of nitrogens with zero attached hydrogens (tertiary/aromatic N) is 3. The third kappa shape index (κ3) is 3.18. The van der Waals surface area contributed by atoms with Crippen molar-refractivity contribution < 1.29 is 9.18 Å². The van der Waals surface area contributed by atoms with E-state index in [-0.39, 0.29) is 24.0 Å². The van der Waals surface area contributed by atoms with Gasteiger partial charge in [0, 0.05) is 19.8 Å². The van der Waals surface area contributed by atoms with E-state index in [1.54, 1.807) is 19.2 Å². The molecule has 0 aliphatic carbocycles. The minimum absolute atomic E-state index is 0.197. The highest BCUT2D eigenvalue weighted by Crippen LogP contribution is 2.09. The van der Waals surface area contributed by atoms with Crippen molar-refractivity contribution in [3.05, 3.63) is 65.2 Å². The minimum Gasteiger partial charge on any atom is -0.336 e. The van der Waals surface area contributed by atoms with Crippen LogP contribution in [0.15, 0.2) is 42.6 Å². The summed E-state index contributed by atoms with van der Waals surface area (Å²) in [5, 5.41) is 8.80. The first kappa shape index (κ1) is 13.7. The number of nitriles is 1. The Kier molecular flexibility index (Phi) is 4.06. The molecule has 1 heterocycles. The van der Waals surface area contributed by atoms with Crippen LogP contribution in [-0.4, -0.2) is 22.8 Å². The molecular weight excluding hydrogens is 257 g/mol. The van der Waals surface area contributed by atoms with Gasteiger partial charge in [-0.3, -0.25) is 9.78 Å². The molecule has 100 valence electrons. The quantitative estimate of drug-likeness (QED) is 0.859. The molecule has 0 bridgehead atoms. The zero-order chi connectivity index (χ0) is 14.5. The first-order valence-corrected chi connectivity index (χ1v) is 5.96. The lowest BCUT2D eigenvalue weighted by atomic mass is 10.2. The number of pyridine rings is 1. The van der Waals surface area contributed by atoms with E-state index in [4.69, 9.17) is 5.26 Å². The predicted molar refractivity (Wildman–Crippen MR) is 71.1 cm³/mol. The molecule has 0 unspecified atom stereocenters. The van der Waals surface area contributed by atoms with Gasteiger partial charge in [-0.1, -0.05) is 12.1 Å². The van der Waals surface area contributed by atoms with Crippen molar-refractivity contribution in [1.82, 2.24) is 9.88 Å². The lowest BCUT2D eigenvalue weighted by Gasteiger charge is -2.16. The van der Waals surface area contributed by atoms with Crippen molar-refractivity contribution in [2.24, 2.45) is 0 Å². The van der Waals surface area contributed by atoms with Gasteiger partial charge in [-0.15, -0.1) is 0 Å². The second kappa shape index (κ2) is 5.93. The van der Waals surface area contributed by atoms with Crippen LogP contribution in [0.1, 0.15) is 21.6 Å². The number of rotatable bonds is 3. The van der Waals surface area contributed by atoms with Crippen LogP contribution in [-0.2, 0) is 6.54 Å². The fraction of sp³-hybridized carbons (Fsp3) is 0.133. The molecular formula is C15H12FN3O. The lowest BCUT2D eigenvalue weighted by Crippen LogP contribution is -2.27. The van der Waals surface area contributed by atoms with Gasteiger partial charge in [-0.05, 0) is 29.8 Å². The Hall–Kier alpha value is -2.74. The zero-order valence-corrected chi connectivity index (χ0v) is 10.9. The molecule has 0 saturated carbocycles. The second-order valence-corrected chi connectivity index (χ2v) is 4.33.